The number of hydrogen-bond acceptors (Lipinski definition) is 5. The van der Waals surface area contributed by atoms with Gasteiger partial charge in [0.25, 0.3) is 5.97 Å². The first kappa shape index (κ1) is 17.3. The summed E-state index contributed by atoms with van der Waals surface area (Å²) >= 11 is 0. The molecule has 6 heteroatoms. The third kappa shape index (κ3) is 12.9. The predicted molar refractivity (Wildman–Crippen MR) is 58.8 cm³/mol. The Hall–Kier alpha value is -1.14. The zero-order valence-electron chi connectivity index (χ0n) is 10.4. The molecule has 0 rings (SSSR count). The average Bonchev–Trinajstić information content (AvgIpc) is 1.98. The number of carbonyl (C=O) groups excluding carboxylic acids is 1. The van der Waals surface area contributed by atoms with Gasteiger partial charge < -0.3 is 20.7 Å². The molecular formula is C10H21NO5. The summed E-state index contributed by atoms with van der Waals surface area (Å²) in [6.07, 6.45) is -0.875. The zero-order chi connectivity index (χ0) is 13.5. The molecule has 0 saturated heterocycles. The Morgan fingerprint density at radius 1 is 1.31 bits per heavy atom. The van der Waals surface area contributed by atoms with Crippen LogP contribution in [0.1, 0.15) is 34.6 Å². The molecule has 0 saturated carbocycles. The zero-order valence-corrected chi connectivity index (χ0v) is 10.4. The molecular weight excluding hydrogens is 214 g/mol. The van der Waals surface area contributed by atoms with Crippen molar-refractivity contribution in [3.63, 3.8) is 0 Å². The molecule has 0 fully saturated rings. The van der Waals surface area contributed by atoms with Gasteiger partial charge >= 0.3 is 5.97 Å². The first-order valence-electron chi connectivity index (χ1n) is 4.83. The Morgan fingerprint density at radius 3 is 1.81 bits per heavy atom. The minimum absolute atomic E-state index is 0.552. The number of hydrogen-bond donors (Lipinski definition) is 3. The summed E-state index contributed by atoms with van der Waals surface area (Å²) in [5.74, 6) is -1.41. The predicted octanol–water partition coefficient (Wildman–Crippen LogP) is 0.127. The van der Waals surface area contributed by atoms with E-state index in [1.165, 1.54) is 6.92 Å². The number of esters is 1. The molecule has 2 atom stereocenters. The summed E-state index contributed by atoms with van der Waals surface area (Å²) in [6.45, 7) is 7.79. The van der Waals surface area contributed by atoms with Crippen molar-refractivity contribution in [2.45, 2.75) is 52.4 Å². The Bertz CT molecular complexity index is 228. The number of carboxylic acid groups (broad SMARTS) is 1. The van der Waals surface area contributed by atoms with Crippen LogP contribution in [-0.2, 0) is 14.3 Å². The summed E-state index contributed by atoms with van der Waals surface area (Å²) in [7, 11) is 0. The van der Waals surface area contributed by atoms with Crippen LogP contribution in [0.5, 0.6) is 0 Å². The van der Waals surface area contributed by atoms with Crippen molar-refractivity contribution in [1.82, 2.24) is 0 Å². The number of nitrogens with two attached hydrogens (primary N) is 1. The molecule has 0 spiro atoms. The standard InChI is InChI=1S/C8H17NO3.C2H4O2/c1-5(10)6(9)7(11)12-8(2,3)4;1-2(3)4/h5-6,10H,9H2,1-4H3;1H3,(H,3,4). The molecule has 0 aliphatic heterocycles. The van der Waals surface area contributed by atoms with E-state index in [0.29, 0.717) is 0 Å². The second kappa shape index (κ2) is 7.19. The van der Waals surface area contributed by atoms with Crippen LogP contribution in [0.25, 0.3) is 0 Å². The Labute approximate surface area is 95.4 Å². The number of ether oxygens (including phenoxy) is 1. The SMILES string of the molecule is CC(=O)O.CC(O)C(N)C(=O)OC(C)(C)C. The molecule has 0 amide bonds. The molecule has 0 radical (unpaired) electrons. The third-order valence-electron chi connectivity index (χ3n) is 1.20. The minimum Gasteiger partial charge on any atom is -0.481 e. The highest BCUT2D eigenvalue weighted by atomic mass is 16.6. The van der Waals surface area contributed by atoms with Gasteiger partial charge in [-0.25, -0.2) is 0 Å². The number of carboxylic acids is 1. The van der Waals surface area contributed by atoms with Gasteiger partial charge in [0, 0.05) is 6.92 Å². The summed E-state index contributed by atoms with van der Waals surface area (Å²) in [5.41, 5.74) is 4.79. The van der Waals surface area contributed by atoms with Crippen LogP contribution >= 0.6 is 0 Å². The molecule has 4 N–H and O–H groups in total. The van der Waals surface area contributed by atoms with Gasteiger partial charge in [-0.3, -0.25) is 9.59 Å². The van der Waals surface area contributed by atoms with Gasteiger partial charge in [0.05, 0.1) is 6.10 Å². The fourth-order valence-corrected chi connectivity index (χ4v) is 0.567. The highest BCUT2D eigenvalue weighted by molar-refractivity contribution is 5.76. The molecule has 0 heterocycles. The molecule has 16 heavy (non-hydrogen) atoms. The van der Waals surface area contributed by atoms with E-state index in [9.17, 15) is 4.79 Å². The number of carbonyl (C=O) groups is 2. The lowest BCUT2D eigenvalue weighted by Crippen LogP contribution is -2.44. The van der Waals surface area contributed by atoms with Crippen LogP contribution in [0.3, 0.4) is 0 Å². The van der Waals surface area contributed by atoms with Crippen molar-refractivity contribution in [3.8, 4) is 0 Å². The lowest BCUT2D eigenvalue weighted by molar-refractivity contribution is -0.158. The maximum atomic E-state index is 11.1. The molecule has 2 unspecified atom stereocenters. The first-order valence-corrected chi connectivity index (χ1v) is 4.83. The largest absolute Gasteiger partial charge is 0.481 e. The van der Waals surface area contributed by atoms with E-state index in [1.807, 2.05) is 0 Å². The van der Waals surface area contributed by atoms with Crippen LogP contribution in [0, 0.1) is 0 Å². The topological polar surface area (TPSA) is 110 Å². The van der Waals surface area contributed by atoms with Crippen molar-refractivity contribution in [2.75, 3.05) is 0 Å². The first-order chi connectivity index (χ1) is 6.97. The Kier molecular flexibility index (Phi) is 7.75. The van der Waals surface area contributed by atoms with Gasteiger partial charge in [-0.05, 0) is 27.7 Å². The molecule has 96 valence electrons. The number of aliphatic hydroxyl groups is 1. The smallest absolute Gasteiger partial charge is 0.326 e. The summed E-state index contributed by atoms with van der Waals surface area (Å²) < 4.78 is 4.94. The van der Waals surface area contributed by atoms with E-state index in [1.54, 1.807) is 20.8 Å². The molecule has 0 aromatic rings. The molecule has 0 aliphatic rings. The molecule has 0 bridgehead atoms. The number of aliphatic hydroxyl groups excluding tert-OH is 1. The van der Waals surface area contributed by atoms with Crippen molar-refractivity contribution in [1.29, 1.82) is 0 Å². The normalized spacial score (nSPS) is 14.2. The van der Waals surface area contributed by atoms with Gasteiger partial charge in [-0.1, -0.05) is 0 Å². The van der Waals surface area contributed by atoms with Crippen LogP contribution in [0.4, 0.5) is 0 Å². The third-order valence-corrected chi connectivity index (χ3v) is 1.20. The van der Waals surface area contributed by atoms with E-state index in [0.717, 1.165) is 6.92 Å². The minimum atomic E-state index is -0.954. The molecule has 0 aromatic heterocycles. The van der Waals surface area contributed by atoms with Crippen LogP contribution < -0.4 is 5.73 Å². The van der Waals surface area contributed by atoms with Gasteiger partial charge in [0.1, 0.15) is 11.6 Å². The lowest BCUT2D eigenvalue weighted by Gasteiger charge is -2.23. The van der Waals surface area contributed by atoms with Gasteiger partial charge in [0.15, 0.2) is 0 Å². The molecule has 0 aliphatic carbocycles. The van der Waals surface area contributed by atoms with Crippen LogP contribution in [0.2, 0.25) is 0 Å². The monoisotopic (exact) mass is 235 g/mol. The second-order valence-electron chi connectivity index (χ2n) is 4.32. The van der Waals surface area contributed by atoms with E-state index in [-0.39, 0.29) is 0 Å². The van der Waals surface area contributed by atoms with E-state index in [4.69, 9.17) is 25.5 Å². The summed E-state index contributed by atoms with van der Waals surface area (Å²) in [5, 5.41) is 16.4. The van der Waals surface area contributed by atoms with E-state index >= 15 is 0 Å². The van der Waals surface area contributed by atoms with Gasteiger partial charge in [-0.15, -0.1) is 0 Å². The molecule has 6 nitrogen and oxygen atoms in total. The lowest BCUT2D eigenvalue weighted by atomic mass is 10.1. The van der Waals surface area contributed by atoms with Crippen molar-refractivity contribution < 1.29 is 24.5 Å². The van der Waals surface area contributed by atoms with Crippen molar-refractivity contribution in [2.24, 2.45) is 5.73 Å². The highest BCUT2D eigenvalue weighted by Gasteiger charge is 2.25. The second-order valence-corrected chi connectivity index (χ2v) is 4.32. The summed E-state index contributed by atoms with van der Waals surface area (Å²) in [6, 6.07) is -0.954. The Balaban J connectivity index is 0. The quantitative estimate of drug-likeness (QED) is 0.587. The summed E-state index contributed by atoms with van der Waals surface area (Å²) in [4.78, 5) is 20.1. The molecule has 0 aromatic carbocycles. The van der Waals surface area contributed by atoms with E-state index in [2.05, 4.69) is 0 Å². The van der Waals surface area contributed by atoms with Crippen LogP contribution in [0.15, 0.2) is 0 Å². The highest BCUT2D eigenvalue weighted by Crippen LogP contribution is 2.08. The number of rotatable bonds is 2. The van der Waals surface area contributed by atoms with Crippen LogP contribution in [-0.4, -0.2) is 39.9 Å². The van der Waals surface area contributed by atoms with Gasteiger partial charge in [-0.2, -0.15) is 0 Å². The fraction of sp³-hybridized carbons (Fsp3) is 0.800. The van der Waals surface area contributed by atoms with Gasteiger partial charge in [0.2, 0.25) is 0 Å². The van der Waals surface area contributed by atoms with Crippen molar-refractivity contribution >= 4 is 11.9 Å². The average molecular weight is 235 g/mol. The maximum Gasteiger partial charge on any atom is 0.326 e. The number of aliphatic carboxylic acids is 1. The van der Waals surface area contributed by atoms with E-state index < -0.39 is 29.7 Å². The Morgan fingerprint density at radius 2 is 1.62 bits per heavy atom. The maximum absolute atomic E-state index is 11.1. The fourth-order valence-electron chi connectivity index (χ4n) is 0.567. The van der Waals surface area contributed by atoms with Crippen molar-refractivity contribution in [3.05, 3.63) is 0 Å².